The maximum atomic E-state index is 12.5. The molecular weight excluding hydrogens is 410 g/mol. The fourth-order valence-electron chi connectivity index (χ4n) is 3.12. The average Bonchev–Trinajstić information content (AvgIpc) is 3.37. The van der Waals surface area contributed by atoms with Gasteiger partial charge in [-0.05, 0) is 37.6 Å². The number of hydrogen-bond acceptors (Lipinski definition) is 6. The maximum absolute atomic E-state index is 12.5. The molecule has 0 radical (unpaired) electrons. The SMILES string of the molecule is C#Cc1ccc2cc(-c3onc(C)c3NC(=O)OC(C)c3ccccc3)[nH]c2c1.O=C=O. The van der Waals surface area contributed by atoms with Gasteiger partial charge in [-0.25, -0.2) is 4.79 Å². The van der Waals surface area contributed by atoms with Gasteiger partial charge in [0.15, 0.2) is 0 Å². The zero-order valence-electron chi connectivity index (χ0n) is 17.3. The largest absolute Gasteiger partial charge is 0.441 e. The van der Waals surface area contributed by atoms with Crippen LogP contribution in [0.1, 0.15) is 29.8 Å². The van der Waals surface area contributed by atoms with Crippen LogP contribution in [0.3, 0.4) is 0 Å². The predicted molar refractivity (Wildman–Crippen MR) is 116 cm³/mol. The lowest BCUT2D eigenvalue weighted by molar-refractivity contribution is -0.191. The van der Waals surface area contributed by atoms with Gasteiger partial charge in [0, 0.05) is 16.5 Å². The summed E-state index contributed by atoms with van der Waals surface area (Å²) in [6.45, 7) is 3.57. The van der Waals surface area contributed by atoms with E-state index in [1.165, 1.54) is 0 Å². The summed E-state index contributed by atoms with van der Waals surface area (Å²) in [7, 11) is 0. The molecule has 160 valence electrons. The van der Waals surface area contributed by atoms with Crippen molar-refractivity contribution in [3.8, 4) is 23.8 Å². The first-order valence-electron chi connectivity index (χ1n) is 9.54. The van der Waals surface area contributed by atoms with Gasteiger partial charge < -0.3 is 14.2 Å². The Hall–Kier alpha value is -4.60. The second kappa shape index (κ2) is 9.94. The third kappa shape index (κ3) is 4.93. The van der Waals surface area contributed by atoms with Gasteiger partial charge in [0.1, 0.15) is 17.5 Å². The molecule has 2 heterocycles. The molecule has 2 aromatic heterocycles. The van der Waals surface area contributed by atoms with Gasteiger partial charge in [0.05, 0.1) is 5.69 Å². The molecule has 4 rings (SSSR count). The van der Waals surface area contributed by atoms with Crippen molar-refractivity contribution in [2.75, 3.05) is 5.32 Å². The molecule has 0 bridgehead atoms. The molecule has 0 aliphatic heterocycles. The highest BCUT2D eigenvalue weighted by Crippen LogP contribution is 2.33. The number of anilines is 1. The van der Waals surface area contributed by atoms with Crippen molar-refractivity contribution in [3.63, 3.8) is 0 Å². The van der Waals surface area contributed by atoms with Crippen LogP contribution in [0.5, 0.6) is 0 Å². The van der Waals surface area contributed by atoms with Gasteiger partial charge in [-0.3, -0.25) is 5.32 Å². The normalized spacial score (nSPS) is 10.9. The number of rotatable bonds is 4. The van der Waals surface area contributed by atoms with Crippen LogP contribution in [0.4, 0.5) is 10.5 Å². The Kier molecular flexibility index (Phi) is 6.86. The number of nitrogens with one attached hydrogen (secondary N) is 2. The van der Waals surface area contributed by atoms with Crippen LogP contribution >= 0.6 is 0 Å². The van der Waals surface area contributed by atoms with Gasteiger partial charge in [-0.15, -0.1) is 6.42 Å². The number of aromatic amines is 1. The Labute approximate surface area is 183 Å². The van der Waals surface area contributed by atoms with Crippen molar-refractivity contribution in [2.24, 2.45) is 0 Å². The van der Waals surface area contributed by atoms with E-state index in [4.69, 9.17) is 25.3 Å². The summed E-state index contributed by atoms with van der Waals surface area (Å²) in [5.74, 6) is 3.03. The van der Waals surface area contributed by atoms with Crippen molar-refractivity contribution in [1.29, 1.82) is 0 Å². The zero-order chi connectivity index (χ0) is 23.1. The molecule has 8 nitrogen and oxygen atoms in total. The second-order valence-electron chi connectivity index (χ2n) is 6.77. The Morgan fingerprint density at radius 2 is 1.91 bits per heavy atom. The minimum atomic E-state index is -0.584. The van der Waals surface area contributed by atoms with Crippen molar-refractivity contribution < 1.29 is 23.6 Å². The van der Waals surface area contributed by atoms with Gasteiger partial charge in [0.2, 0.25) is 5.76 Å². The minimum absolute atomic E-state index is 0.250. The number of ether oxygens (including phenoxy) is 1. The number of carbonyl (C=O) groups is 1. The minimum Gasteiger partial charge on any atom is -0.441 e. The van der Waals surface area contributed by atoms with E-state index in [1.54, 1.807) is 6.92 Å². The third-order valence-electron chi connectivity index (χ3n) is 4.68. The van der Waals surface area contributed by atoms with Crippen LogP contribution in [-0.2, 0) is 14.3 Å². The van der Waals surface area contributed by atoms with Gasteiger partial charge in [-0.2, -0.15) is 9.59 Å². The van der Waals surface area contributed by atoms with Crippen molar-refractivity contribution in [1.82, 2.24) is 10.1 Å². The summed E-state index contributed by atoms with van der Waals surface area (Å²) in [6.07, 6.45) is 4.74. The number of benzene rings is 2. The molecule has 0 fully saturated rings. The number of terminal acetylenes is 1. The summed E-state index contributed by atoms with van der Waals surface area (Å²) in [6, 6.07) is 17.1. The van der Waals surface area contributed by atoms with E-state index in [2.05, 4.69) is 21.4 Å². The third-order valence-corrected chi connectivity index (χ3v) is 4.68. The maximum Gasteiger partial charge on any atom is 0.412 e. The molecule has 2 aromatic carbocycles. The van der Waals surface area contributed by atoms with E-state index in [1.807, 2.05) is 61.5 Å². The first kappa shape index (κ1) is 22.1. The molecule has 0 saturated carbocycles. The number of aryl methyl sites for hydroxylation is 1. The fourth-order valence-corrected chi connectivity index (χ4v) is 3.12. The number of aromatic nitrogens is 2. The smallest absolute Gasteiger partial charge is 0.412 e. The molecule has 1 unspecified atom stereocenters. The Bertz CT molecular complexity index is 1310. The number of carbonyl (C=O) groups excluding carboxylic acids is 3. The zero-order valence-corrected chi connectivity index (χ0v) is 17.3. The first-order chi connectivity index (χ1) is 15.5. The van der Waals surface area contributed by atoms with E-state index < -0.39 is 12.2 Å². The Morgan fingerprint density at radius 1 is 1.19 bits per heavy atom. The fraction of sp³-hybridized carbons (Fsp3) is 0.125. The van der Waals surface area contributed by atoms with E-state index in [-0.39, 0.29) is 6.15 Å². The standard InChI is InChI=1S/C23H19N3O3.CO2/c1-4-16-10-11-18-13-20(24-19(18)12-16)22-21(14(2)26-29-22)25-23(27)28-15(3)17-8-6-5-7-9-17;2-1-3/h1,5-13,15,24H,2-3H3,(H,25,27);. The number of H-pyrrole nitrogens is 1. The molecule has 0 aliphatic carbocycles. The highest BCUT2D eigenvalue weighted by Gasteiger charge is 2.21. The molecule has 4 aromatic rings. The first-order valence-corrected chi connectivity index (χ1v) is 9.54. The summed E-state index contributed by atoms with van der Waals surface area (Å²) >= 11 is 0. The molecule has 0 aliphatic rings. The highest BCUT2D eigenvalue weighted by atomic mass is 16.6. The lowest BCUT2D eigenvalue weighted by atomic mass is 10.1. The number of amides is 1. The molecule has 1 amide bonds. The van der Waals surface area contributed by atoms with Crippen LogP contribution in [0.2, 0.25) is 0 Å². The van der Waals surface area contributed by atoms with Gasteiger partial charge >= 0.3 is 12.2 Å². The van der Waals surface area contributed by atoms with E-state index in [0.29, 0.717) is 22.8 Å². The summed E-state index contributed by atoms with van der Waals surface area (Å²) in [5, 5.41) is 7.72. The van der Waals surface area contributed by atoms with Crippen LogP contribution in [0.15, 0.2) is 59.1 Å². The second-order valence-corrected chi connectivity index (χ2v) is 6.77. The van der Waals surface area contributed by atoms with Gasteiger partial charge in [0.25, 0.3) is 0 Å². The molecular formula is C24H19N3O5. The summed E-state index contributed by atoms with van der Waals surface area (Å²) < 4.78 is 11.0. The molecule has 2 N–H and O–H groups in total. The number of nitrogens with zero attached hydrogens (tertiary/aromatic N) is 1. The number of hydrogen-bond donors (Lipinski definition) is 2. The lowest BCUT2D eigenvalue weighted by Gasteiger charge is -2.14. The Balaban J connectivity index is 0.000000913. The van der Waals surface area contributed by atoms with Crippen LogP contribution in [0.25, 0.3) is 22.4 Å². The molecule has 0 spiro atoms. The summed E-state index contributed by atoms with van der Waals surface area (Å²) in [4.78, 5) is 32.0. The molecule has 32 heavy (non-hydrogen) atoms. The monoisotopic (exact) mass is 429 g/mol. The quantitative estimate of drug-likeness (QED) is 0.449. The van der Waals surface area contributed by atoms with E-state index in [0.717, 1.165) is 22.0 Å². The van der Waals surface area contributed by atoms with Crippen molar-refractivity contribution in [2.45, 2.75) is 20.0 Å². The average molecular weight is 429 g/mol. The molecule has 0 saturated heterocycles. The summed E-state index contributed by atoms with van der Waals surface area (Å²) in [5.41, 5.74) is 4.24. The van der Waals surface area contributed by atoms with Crippen molar-refractivity contribution >= 4 is 28.8 Å². The molecule has 8 heteroatoms. The van der Waals surface area contributed by atoms with Crippen LogP contribution < -0.4 is 5.32 Å². The molecule has 1 atom stereocenters. The van der Waals surface area contributed by atoms with Gasteiger partial charge in [-0.1, -0.05) is 47.5 Å². The van der Waals surface area contributed by atoms with E-state index in [9.17, 15) is 4.79 Å². The van der Waals surface area contributed by atoms with Crippen LogP contribution in [0, 0.1) is 19.3 Å². The van der Waals surface area contributed by atoms with Crippen LogP contribution in [-0.4, -0.2) is 22.4 Å². The number of fused-ring (bicyclic) bond motifs is 1. The highest BCUT2D eigenvalue weighted by molar-refractivity contribution is 5.93. The topological polar surface area (TPSA) is 114 Å². The van der Waals surface area contributed by atoms with Crippen molar-refractivity contribution in [3.05, 3.63) is 71.4 Å². The van der Waals surface area contributed by atoms with E-state index >= 15 is 0 Å². The lowest BCUT2D eigenvalue weighted by Crippen LogP contribution is -2.16. The predicted octanol–water partition coefficient (Wildman–Crippen LogP) is 4.84. The Morgan fingerprint density at radius 3 is 2.59 bits per heavy atom.